The fourth-order valence-corrected chi connectivity index (χ4v) is 2.67. The van der Waals surface area contributed by atoms with Gasteiger partial charge in [-0.2, -0.15) is 0 Å². The molecule has 130 valence electrons. The maximum atomic E-state index is 12.9. The second kappa shape index (κ2) is 10.1. The molecule has 1 aromatic carbocycles. The second-order valence-electron chi connectivity index (χ2n) is 5.82. The van der Waals surface area contributed by atoms with E-state index in [1.54, 1.807) is 7.05 Å². The predicted octanol–water partition coefficient (Wildman–Crippen LogP) is 2.94. The third-order valence-corrected chi connectivity index (χ3v) is 4.06. The van der Waals surface area contributed by atoms with Crippen molar-refractivity contribution in [3.05, 3.63) is 35.6 Å². The van der Waals surface area contributed by atoms with E-state index in [9.17, 15) is 4.39 Å². The molecule has 0 heterocycles. The summed E-state index contributed by atoms with van der Waals surface area (Å²) >= 11 is 0. The fourth-order valence-electron chi connectivity index (χ4n) is 2.67. The Balaban J connectivity index is 0.00000264. The highest BCUT2D eigenvalue weighted by Gasteiger charge is 2.27. The summed E-state index contributed by atoms with van der Waals surface area (Å²) in [5.74, 6) is 0.671. The summed E-state index contributed by atoms with van der Waals surface area (Å²) < 4.78 is 12.9. The van der Waals surface area contributed by atoms with Crippen molar-refractivity contribution in [1.29, 1.82) is 0 Å². The van der Waals surface area contributed by atoms with E-state index in [-0.39, 0.29) is 29.8 Å². The molecule has 1 saturated carbocycles. The van der Waals surface area contributed by atoms with Crippen LogP contribution in [0.15, 0.2) is 29.3 Å². The molecule has 1 aliphatic carbocycles. The van der Waals surface area contributed by atoms with Gasteiger partial charge in [-0.3, -0.25) is 9.89 Å². The summed E-state index contributed by atoms with van der Waals surface area (Å²) in [7, 11) is 3.79. The van der Waals surface area contributed by atoms with Gasteiger partial charge in [0.25, 0.3) is 0 Å². The van der Waals surface area contributed by atoms with Gasteiger partial charge in [-0.15, -0.1) is 24.0 Å². The van der Waals surface area contributed by atoms with Crippen LogP contribution in [-0.4, -0.2) is 55.5 Å². The average Bonchev–Trinajstić information content (AvgIpc) is 3.34. The lowest BCUT2D eigenvalue weighted by atomic mass is 10.2. The number of nitrogens with zero attached hydrogens (tertiary/aromatic N) is 3. The lowest BCUT2D eigenvalue weighted by Gasteiger charge is -2.24. The van der Waals surface area contributed by atoms with Crippen molar-refractivity contribution in [2.24, 2.45) is 4.99 Å². The zero-order valence-corrected chi connectivity index (χ0v) is 16.6. The van der Waals surface area contributed by atoms with Gasteiger partial charge < -0.3 is 10.2 Å². The summed E-state index contributed by atoms with van der Waals surface area (Å²) in [6, 6.07) is 7.41. The molecule has 1 aromatic rings. The fraction of sp³-hybridized carbons (Fsp3) is 0.588. The molecular weight excluding hydrogens is 406 g/mol. The number of hydrogen-bond acceptors (Lipinski definition) is 2. The van der Waals surface area contributed by atoms with Crippen molar-refractivity contribution in [2.45, 2.75) is 32.4 Å². The molecule has 0 unspecified atom stereocenters. The first-order valence-electron chi connectivity index (χ1n) is 8.04. The summed E-state index contributed by atoms with van der Waals surface area (Å²) in [5, 5.41) is 3.41. The van der Waals surface area contributed by atoms with Crippen LogP contribution in [0.2, 0.25) is 0 Å². The number of guanidine groups is 1. The van der Waals surface area contributed by atoms with E-state index in [2.05, 4.69) is 27.0 Å². The molecule has 0 bridgehead atoms. The molecule has 1 fully saturated rings. The van der Waals surface area contributed by atoms with Crippen LogP contribution >= 0.6 is 24.0 Å². The van der Waals surface area contributed by atoms with Crippen LogP contribution in [0.4, 0.5) is 4.39 Å². The molecule has 6 heteroatoms. The van der Waals surface area contributed by atoms with Crippen molar-refractivity contribution in [2.75, 3.05) is 33.7 Å². The second-order valence-corrected chi connectivity index (χ2v) is 5.82. The first-order chi connectivity index (χ1) is 10.6. The molecule has 0 aromatic heterocycles. The third-order valence-electron chi connectivity index (χ3n) is 4.06. The van der Waals surface area contributed by atoms with Gasteiger partial charge in [0.05, 0.1) is 0 Å². The molecule has 0 spiro atoms. The maximum absolute atomic E-state index is 12.9. The summed E-state index contributed by atoms with van der Waals surface area (Å²) in [6.07, 6.45) is 2.68. The van der Waals surface area contributed by atoms with Crippen LogP contribution < -0.4 is 5.32 Å². The van der Waals surface area contributed by atoms with E-state index in [1.807, 2.05) is 19.2 Å². The van der Waals surface area contributed by atoms with Crippen molar-refractivity contribution in [3.63, 3.8) is 0 Å². The highest BCUT2D eigenvalue weighted by Crippen LogP contribution is 2.25. The highest BCUT2D eigenvalue weighted by atomic mass is 127. The van der Waals surface area contributed by atoms with Gasteiger partial charge >= 0.3 is 0 Å². The van der Waals surface area contributed by atoms with Gasteiger partial charge in [-0.1, -0.05) is 19.1 Å². The molecule has 23 heavy (non-hydrogen) atoms. The van der Waals surface area contributed by atoms with Gasteiger partial charge in [0.2, 0.25) is 0 Å². The van der Waals surface area contributed by atoms with Crippen LogP contribution in [0.5, 0.6) is 0 Å². The van der Waals surface area contributed by atoms with Crippen molar-refractivity contribution in [3.8, 4) is 0 Å². The monoisotopic (exact) mass is 434 g/mol. The molecule has 0 atom stereocenters. The Morgan fingerprint density at radius 1 is 1.30 bits per heavy atom. The lowest BCUT2D eigenvalue weighted by molar-refractivity contribution is 0.280. The van der Waals surface area contributed by atoms with E-state index in [1.165, 1.54) is 25.0 Å². The van der Waals surface area contributed by atoms with E-state index in [4.69, 9.17) is 0 Å². The molecular formula is C17H28FIN4. The molecule has 0 aliphatic heterocycles. The van der Waals surface area contributed by atoms with Gasteiger partial charge in [0.1, 0.15) is 5.82 Å². The molecule has 2 rings (SSSR count). The van der Waals surface area contributed by atoms with Crippen LogP contribution in [0.25, 0.3) is 0 Å². The van der Waals surface area contributed by atoms with Crippen LogP contribution in [-0.2, 0) is 6.54 Å². The molecule has 0 radical (unpaired) electrons. The minimum atomic E-state index is -0.200. The van der Waals surface area contributed by atoms with Gasteiger partial charge in [-0.25, -0.2) is 4.39 Å². The smallest absolute Gasteiger partial charge is 0.193 e. The number of halogens is 2. The molecule has 1 N–H and O–H groups in total. The molecule has 4 nitrogen and oxygen atoms in total. The summed E-state index contributed by atoms with van der Waals surface area (Å²) in [4.78, 5) is 8.89. The Labute approximate surface area is 156 Å². The first-order valence-corrected chi connectivity index (χ1v) is 8.04. The van der Waals surface area contributed by atoms with E-state index < -0.39 is 0 Å². The summed E-state index contributed by atoms with van der Waals surface area (Å²) in [6.45, 7) is 5.97. The summed E-state index contributed by atoms with van der Waals surface area (Å²) in [5.41, 5.74) is 1.07. The molecule has 0 amide bonds. The largest absolute Gasteiger partial charge is 0.355 e. The topological polar surface area (TPSA) is 30.9 Å². The minimum absolute atomic E-state index is 0. The zero-order chi connectivity index (χ0) is 15.9. The Kier molecular flexibility index (Phi) is 8.83. The molecule has 1 aliphatic rings. The van der Waals surface area contributed by atoms with Crippen molar-refractivity contribution >= 4 is 29.9 Å². The highest BCUT2D eigenvalue weighted by molar-refractivity contribution is 14.0. The van der Waals surface area contributed by atoms with E-state index in [0.29, 0.717) is 6.54 Å². The first kappa shape index (κ1) is 20.2. The number of hydrogen-bond donors (Lipinski definition) is 1. The van der Waals surface area contributed by atoms with Gasteiger partial charge in [-0.05, 0) is 37.1 Å². The Bertz CT molecular complexity index is 488. The Morgan fingerprint density at radius 3 is 2.48 bits per heavy atom. The van der Waals surface area contributed by atoms with Crippen molar-refractivity contribution < 1.29 is 4.39 Å². The van der Waals surface area contributed by atoms with Gasteiger partial charge in [0, 0.05) is 39.8 Å². The number of nitrogens with one attached hydrogen (secondary N) is 1. The number of likely N-dealkylation sites (N-methyl/N-ethyl adjacent to an activating group) is 1. The quantitative estimate of drug-likeness (QED) is 0.407. The van der Waals surface area contributed by atoms with E-state index >= 15 is 0 Å². The maximum Gasteiger partial charge on any atom is 0.193 e. The Morgan fingerprint density at radius 2 is 1.96 bits per heavy atom. The average molecular weight is 434 g/mol. The van der Waals surface area contributed by atoms with Crippen molar-refractivity contribution in [1.82, 2.24) is 15.1 Å². The predicted molar refractivity (Wildman–Crippen MR) is 105 cm³/mol. The van der Waals surface area contributed by atoms with Crippen LogP contribution in [0.3, 0.4) is 0 Å². The SMILES string of the molecule is CCN(CCNC(=NC)N(C)Cc1ccc(F)cc1)C1CC1.I. The van der Waals surface area contributed by atoms with Crippen LogP contribution in [0, 0.1) is 5.82 Å². The minimum Gasteiger partial charge on any atom is -0.355 e. The lowest BCUT2D eigenvalue weighted by Crippen LogP contribution is -2.42. The molecule has 0 saturated heterocycles. The normalized spacial score (nSPS) is 14.6. The third kappa shape index (κ3) is 6.63. The van der Waals surface area contributed by atoms with Crippen LogP contribution in [0.1, 0.15) is 25.3 Å². The standard InChI is InChI=1S/C17H27FN4.HI/c1-4-22(16-9-10-16)12-11-20-17(19-2)21(3)13-14-5-7-15(18)8-6-14;/h5-8,16H,4,9-13H2,1-3H3,(H,19,20);1H. The zero-order valence-electron chi connectivity index (χ0n) is 14.3. The number of aliphatic imine (C=N–C) groups is 1. The number of benzene rings is 1. The Hall–Kier alpha value is -0.890. The van der Waals surface area contributed by atoms with E-state index in [0.717, 1.165) is 37.2 Å². The van der Waals surface area contributed by atoms with Gasteiger partial charge in [0.15, 0.2) is 5.96 Å². The number of rotatable bonds is 7.